The van der Waals surface area contributed by atoms with E-state index < -0.39 is 0 Å². The third-order valence-electron chi connectivity index (χ3n) is 5.44. The summed E-state index contributed by atoms with van der Waals surface area (Å²) in [5, 5.41) is 6.69. The van der Waals surface area contributed by atoms with Gasteiger partial charge in [-0.2, -0.15) is 0 Å². The Morgan fingerprint density at radius 2 is 1.79 bits per heavy atom. The van der Waals surface area contributed by atoms with Crippen molar-refractivity contribution in [2.24, 2.45) is 4.99 Å². The minimum atomic E-state index is 0. The molecule has 1 heterocycles. The molecule has 0 spiro atoms. The van der Waals surface area contributed by atoms with Crippen molar-refractivity contribution >= 4 is 35.8 Å². The van der Waals surface area contributed by atoms with Gasteiger partial charge in [-0.25, -0.2) is 0 Å². The van der Waals surface area contributed by atoms with Crippen molar-refractivity contribution in [2.75, 3.05) is 40.3 Å². The van der Waals surface area contributed by atoms with Crippen molar-refractivity contribution in [1.29, 1.82) is 0 Å². The van der Waals surface area contributed by atoms with Gasteiger partial charge in [-0.1, -0.05) is 36.8 Å². The normalized spacial score (nSPS) is 15.4. The van der Waals surface area contributed by atoms with E-state index in [1.165, 1.54) is 32.4 Å². The number of amides is 1. The van der Waals surface area contributed by atoms with Gasteiger partial charge in [0.25, 0.3) is 0 Å². The lowest BCUT2D eigenvalue weighted by Crippen LogP contribution is -2.55. The highest BCUT2D eigenvalue weighted by molar-refractivity contribution is 14.0. The molecule has 0 bridgehead atoms. The van der Waals surface area contributed by atoms with Gasteiger partial charge in [0, 0.05) is 45.7 Å². The number of carbonyl (C=O) groups is 1. The van der Waals surface area contributed by atoms with E-state index in [2.05, 4.69) is 34.4 Å². The lowest BCUT2D eigenvalue weighted by Gasteiger charge is -2.41. The largest absolute Gasteiger partial charge is 0.356 e. The number of aliphatic imine (C=N–C) groups is 1. The Morgan fingerprint density at radius 3 is 2.41 bits per heavy atom. The van der Waals surface area contributed by atoms with Crippen LogP contribution < -0.4 is 10.6 Å². The first-order valence-corrected chi connectivity index (χ1v) is 10.4. The second kappa shape index (κ2) is 13.1. The zero-order valence-corrected chi connectivity index (χ0v) is 20.7. The van der Waals surface area contributed by atoms with Crippen LogP contribution in [0.25, 0.3) is 0 Å². The Balaban J connectivity index is 0.00000420. The topological polar surface area (TPSA) is 60.0 Å². The van der Waals surface area contributed by atoms with Gasteiger partial charge in [-0.3, -0.25) is 14.7 Å². The summed E-state index contributed by atoms with van der Waals surface area (Å²) in [6, 6.07) is 10.1. The molecule has 1 saturated heterocycles. The number of nitrogens with zero attached hydrogens (tertiary/aromatic N) is 3. The molecule has 0 radical (unpaired) electrons. The number of guanidine groups is 1. The molecule has 2 rings (SSSR count). The summed E-state index contributed by atoms with van der Waals surface area (Å²) in [7, 11) is 3.62. The predicted octanol–water partition coefficient (Wildman–Crippen LogP) is 3.08. The van der Waals surface area contributed by atoms with Crippen LogP contribution in [0.4, 0.5) is 0 Å². The highest BCUT2D eigenvalue weighted by atomic mass is 127. The fourth-order valence-electron chi connectivity index (χ4n) is 3.56. The summed E-state index contributed by atoms with van der Waals surface area (Å²) < 4.78 is 0. The molecule has 1 amide bonds. The summed E-state index contributed by atoms with van der Waals surface area (Å²) in [6.45, 7) is 8.93. The van der Waals surface area contributed by atoms with Crippen LogP contribution in [0, 0.1) is 0 Å². The molecule has 1 aromatic rings. The van der Waals surface area contributed by atoms with Crippen molar-refractivity contribution in [3.63, 3.8) is 0 Å². The van der Waals surface area contributed by atoms with Gasteiger partial charge in [0.05, 0.1) is 0 Å². The van der Waals surface area contributed by atoms with E-state index in [1.54, 1.807) is 11.9 Å². The average Bonchev–Trinajstić information content (AvgIpc) is 2.71. The molecule has 1 aliphatic heterocycles. The Hall–Kier alpha value is -1.35. The Kier molecular flexibility index (Phi) is 11.6. The number of hydrogen-bond donors (Lipinski definition) is 2. The molecule has 0 atom stereocenters. The van der Waals surface area contributed by atoms with Gasteiger partial charge in [0.15, 0.2) is 5.96 Å². The van der Waals surface area contributed by atoms with E-state index in [1.807, 2.05) is 37.4 Å². The van der Waals surface area contributed by atoms with E-state index in [9.17, 15) is 4.79 Å². The van der Waals surface area contributed by atoms with Crippen molar-refractivity contribution in [3.8, 4) is 0 Å². The van der Waals surface area contributed by atoms with Crippen molar-refractivity contribution in [1.82, 2.24) is 20.4 Å². The van der Waals surface area contributed by atoms with E-state index in [0.29, 0.717) is 19.5 Å². The van der Waals surface area contributed by atoms with Crippen LogP contribution in [0.1, 0.15) is 45.1 Å². The molecule has 1 aliphatic rings. The van der Waals surface area contributed by atoms with Crippen LogP contribution >= 0.6 is 24.0 Å². The molecule has 1 fully saturated rings. The third-order valence-corrected chi connectivity index (χ3v) is 5.44. The maximum absolute atomic E-state index is 12.4. The van der Waals surface area contributed by atoms with E-state index in [0.717, 1.165) is 18.1 Å². The van der Waals surface area contributed by atoms with Crippen LogP contribution in [-0.4, -0.2) is 67.5 Å². The van der Waals surface area contributed by atoms with Crippen LogP contribution in [0.3, 0.4) is 0 Å². The van der Waals surface area contributed by atoms with Gasteiger partial charge in [0.2, 0.25) is 5.91 Å². The molecule has 7 heteroatoms. The quantitative estimate of drug-likeness (QED) is 0.318. The molecule has 2 N–H and O–H groups in total. The molecular weight excluding hydrogens is 477 g/mol. The Morgan fingerprint density at radius 1 is 1.14 bits per heavy atom. The molecule has 0 unspecified atom stereocenters. The van der Waals surface area contributed by atoms with Crippen LogP contribution in [0.15, 0.2) is 35.3 Å². The molecule has 6 nitrogen and oxygen atoms in total. The second-order valence-corrected chi connectivity index (χ2v) is 8.20. The number of piperidine rings is 1. The molecule has 29 heavy (non-hydrogen) atoms. The standard InChI is InChI=1S/C22H37N5O.HI/c1-22(2,27-15-9-6-10-16-27)18-25-21(23-3)24-14-13-20(28)26(4)17-19-11-7-5-8-12-19;/h5,7-8,11-12H,6,9-10,13-18H2,1-4H3,(H2,23,24,25);1H. The maximum Gasteiger partial charge on any atom is 0.224 e. The summed E-state index contributed by atoms with van der Waals surface area (Å²) in [6.07, 6.45) is 4.36. The first-order valence-electron chi connectivity index (χ1n) is 10.4. The zero-order valence-electron chi connectivity index (χ0n) is 18.4. The molecule has 0 aromatic heterocycles. The monoisotopic (exact) mass is 515 g/mol. The SMILES string of the molecule is CN=C(NCCC(=O)N(C)Cc1ccccc1)NCC(C)(C)N1CCCCC1.I. The minimum Gasteiger partial charge on any atom is -0.356 e. The number of nitrogens with one attached hydrogen (secondary N) is 2. The van der Waals surface area contributed by atoms with Gasteiger partial charge in [-0.15, -0.1) is 24.0 Å². The van der Waals surface area contributed by atoms with E-state index in [4.69, 9.17) is 0 Å². The van der Waals surface area contributed by atoms with Gasteiger partial charge in [-0.05, 0) is 45.3 Å². The second-order valence-electron chi connectivity index (χ2n) is 8.20. The van der Waals surface area contributed by atoms with Gasteiger partial charge in [0.1, 0.15) is 0 Å². The van der Waals surface area contributed by atoms with Gasteiger partial charge < -0.3 is 15.5 Å². The number of rotatable bonds is 8. The Bertz CT molecular complexity index is 629. The fourth-order valence-corrected chi connectivity index (χ4v) is 3.56. The number of benzene rings is 1. The molecule has 164 valence electrons. The lowest BCUT2D eigenvalue weighted by molar-refractivity contribution is -0.130. The van der Waals surface area contributed by atoms with Crippen LogP contribution in [0.2, 0.25) is 0 Å². The average molecular weight is 515 g/mol. The number of hydrogen-bond acceptors (Lipinski definition) is 3. The summed E-state index contributed by atoms with van der Waals surface area (Å²) in [4.78, 5) is 21.0. The first-order chi connectivity index (χ1) is 13.4. The summed E-state index contributed by atoms with van der Waals surface area (Å²) >= 11 is 0. The minimum absolute atomic E-state index is 0. The number of halogens is 1. The predicted molar refractivity (Wildman–Crippen MR) is 132 cm³/mol. The number of likely N-dealkylation sites (tertiary alicyclic amines) is 1. The van der Waals surface area contributed by atoms with E-state index >= 15 is 0 Å². The molecule has 1 aromatic carbocycles. The molecule has 0 aliphatic carbocycles. The van der Waals surface area contributed by atoms with E-state index in [-0.39, 0.29) is 35.4 Å². The maximum atomic E-state index is 12.4. The Labute approximate surface area is 193 Å². The number of carbonyl (C=O) groups excluding carboxylic acids is 1. The third kappa shape index (κ3) is 8.90. The molecular formula is C22H38IN5O. The zero-order chi connectivity index (χ0) is 20.4. The lowest BCUT2D eigenvalue weighted by atomic mass is 9.98. The van der Waals surface area contributed by atoms with Crippen molar-refractivity contribution < 1.29 is 4.79 Å². The molecule has 0 saturated carbocycles. The van der Waals surface area contributed by atoms with Crippen LogP contribution in [-0.2, 0) is 11.3 Å². The van der Waals surface area contributed by atoms with Crippen LogP contribution in [0.5, 0.6) is 0 Å². The summed E-state index contributed by atoms with van der Waals surface area (Å²) in [5.41, 5.74) is 1.23. The van der Waals surface area contributed by atoms with Crippen molar-refractivity contribution in [2.45, 2.75) is 51.6 Å². The highest BCUT2D eigenvalue weighted by Gasteiger charge is 2.27. The smallest absolute Gasteiger partial charge is 0.224 e. The highest BCUT2D eigenvalue weighted by Crippen LogP contribution is 2.19. The summed E-state index contributed by atoms with van der Waals surface area (Å²) in [5.74, 6) is 0.879. The van der Waals surface area contributed by atoms with Crippen molar-refractivity contribution in [3.05, 3.63) is 35.9 Å². The van der Waals surface area contributed by atoms with Gasteiger partial charge >= 0.3 is 0 Å². The fraction of sp³-hybridized carbons (Fsp3) is 0.636. The first kappa shape index (κ1) is 25.7.